The summed E-state index contributed by atoms with van der Waals surface area (Å²) in [7, 11) is -2.04. The summed E-state index contributed by atoms with van der Waals surface area (Å²) in [5, 5.41) is 21.5. The van der Waals surface area contributed by atoms with Crippen molar-refractivity contribution in [1.82, 2.24) is 0 Å². The zero-order valence-electron chi connectivity index (χ0n) is 5.01. The zero-order chi connectivity index (χ0) is 7.70. The van der Waals surface area contributed by atoms with Gasteiger partial charge >= 0.3 is 36.0 Å². The molecule has 0 saturated carbocycles. The first-order valence-electron chi connectivity index (χ1n) is 1.72. The topological polar surface area (TPSA) is 104 Å². The van der Waals surface area contributed by atoms with Crippen molar-refractivity contribution in [1.29, 1.82) is 0 Å². The summed E-state index contributed by atoms with van der Waals surface area (Å²) in [6.45, 7) is 0. The maximum absolute atomic E-state index is 8.95. The molecule has 0 atom stereocenters. The van der Waals surface area contributed by atoms with Crippen molar-refractivity contribution < 1.29 is 48.5 Å². The van der Waals surface area contributed by atoms with Gasteiger partial charge in [-0.25, -0.2) is 0 Å². The summed E-state index contributed by atoms with van der Waals surface area (Å²) in [6, 6.07) is 0. The molecule has 0 radical (unpaired) electrons. The standard InChI is InChI=1S/B2O3.BH3O3.Zn/c3-1-5-2-4;2-1(3)4;/h;2-4H;. The zero-order valence-corrected chi connectivity index (χ0v) is 7.97. The van der Waals surface area contributed by atoms with E-state index < -0.39 is 7.32 Å². The van der Waals surface area contributed by atoms with Crippen molar-refractivity contribution in [3.8, 4) is 0 Å². The average molecular weight is 197 g/mol. The van der Waals surface area contributed by atoms with Crippen LogP contribution in [0.25, 0.3) is 0 Å². The quantitative estimate of drug-likeness (QED) is 0.404. The Bertz CT molecular complexity index is 64.6. The molecular formula is H3B3O6Zn. The second kappa shape index (κ2) is 16.0. The van der Waals surface area contributed by atoms with Crippen LogP contribution in [-0.2, 0) is 33.5 Å². The largest absolute Gasteiger partial charge is 0.631 e. The first-order valence-corrected chi connectivity index (χ1v) is 1.72. The minimum absolute atomic E-state index is 0. The van der Waals surface area contributed by atoms with Crippen LogP contribution in [0.2, 0.25) is 0 Å². The van der Waals surface area contributed by atoms with Gasteiger partial charge in [0.25, 0.3) is 0 Å². The summed E-state index contributed by atoms with van der Waals surface area (Å²) in [4.78, 5) is 0. The predicted molar refractivity (Wildman–Crippen MR) is 26.4 cm³/mol. The maximum atomic E-state index is 8.95. The third kappa shape index (κ3) is 92.7. The Morgan fingerprint density at radius 3 is 1.30 bits per heavy atom. The Kier molecular flexibility index (Phi) is 26.6. The molecule has 0 amide bonds. The van der Waals surface area contributed by atoms with Gasteiger partial charge in [0.05, 0.1) is 0 Å². The minimum Gasteiger partial charge on any atom is -0.402 e. The van der Waals surface area contributed by atoms with Crippen molar-refractivity contribution in [3.05, 3.63) is 0 Å². The number of rotatable bonds is 2. The molecule has 0 aromatic carbocycles. The van der Waals surface area contributed by atoms with Gasteiger partial charge in [0.1, 0.15) is 0 Å². The summed E-state index contributed by atoms with van der Waals surface area (Å²) in [6.07, 6.45) is 0. The fourth-order valence-electron chi connectivity index (χ4n) is 0.0227. The molecule has 0 aromatic heterocycles. The molecule has 3 N–H and O–H groups in total. The normalized spacial score (nSPS) is 4.70. The molecule has 0 saturated heterocycles. The van der Waals surface area contributed by atoms with Gasteiger partial charge in [-0.3, -0.25) is 0 Å². The van der Waals surface area contributed by atoms with Crippen LogP contribution in [-0.4, -0.2) is 37.1 Å². The fourth-order valence-corrected chi connectivity index (χ4v) is 0.0227. The Morgan fingerprint density at radius 1 is 1.10 bits per heavy atom. The van der Waals surface area contributed by atoms with E-state index in [0.29, 0.717) is 0 Å². The molecule has 0 spiro atoms. The first-order chi connectivity index (χ1) is 4.15. The number of hydrogen-bond donors (Lipinski definition) is 3. The van der Waals surface area contributed by atoms with Crippen LogP contribution in [0.1, 0.15) is 0 Å². The third-order valence-electron chi connectivity index (χ3n) is 0.111. The Labute approximate surface area is 71.1 Å². The van der Waals surface area contributed by atoms with E-state index >= 15 is 0 Å². The van der Waals surface area contributed by atoms with Gasteiger partial charge in [0.2, 0.25) is 0 Å². The van der Waals surface area contributed by atoms with Crippen LogP contribution in [0.5, 0.6) is 0 Å². The van der Waals surface area contributed by atoms with Gasteiger partial charge in [-0.1, -0.05) is 0 Å². The van der Waals surface area contributed by atoms with Gasteiger partial charge in [0.15, 0.2) is 0 Å². The van der Waals surface area contributed by atoms with E-state index in [-0.39, 0.29) is 34.2 Å². The molecule has 0 aliphatic carbocycles. The van der Waals surface area contributed by atoms with E-state index in [4.69, 9.17) is 24.5 Å². The molecule has 0 aliphatic rings. The smallest absolute Gasteiger partial charge is 0.402 e. The summed E-state index contributed by atoms with van der Waals surface area (Å²) in [5.74, 6) is 0. The van der Waals surface area contributed by atoms with Crippen molar-refractivity contribution >= 4 is 22.0 Å². The molecule has 0 rings (SSSR count). The number of hydrogen-bond acceptors (Lipinski definition) is 6. The van der Waals surface area contributed by atoms with E-state index in [1.54, 1.807) is 0 Å². The average Bonchev–Trinajstić information content (AvgIpc) is 1.66. The predicted octanol–water partition coefficient (Wildman–Crippen LogP) is -3.12. The Hall–Kier alpha value is 0.0982. The molecule has 0 fully saturated rings. The van der Waals surface area contributed by atoms with Crippen LogP contribution in [0, 0.1) is 0 Å². The molecule has 0 heterocycles. The molecule has 10 heteroatoms. The second-order valence-electron chi connectivity index (χ2n) is 0.675. The van der Waals surface area contributed by atoms with Gasteiger partial charge in [-0.15, -0.1) is 0 Å². The molecule has 6 nitrogen and oxygen atoms in total. The molecule has 50 valence electrons. The van der Waals surface area contributed by atoms with Crippen LogP contribution < -0.4 is 0 Å². The Balaban J connectivity index is -0.0000000910. The van der Waals surface area contributed by atoms with E-state index in [2.05, 4.69) is 4.57 Å². The fraction of sp³-hybridized carbons (Fsp3) is 0. The van der Waals surface area contributed by atoms with Crippen LogP contribution >= 0.6 is 0 Å². The van der Waals surface area contributed by atoms with E-state index in [9.17, 15) is 0 Å². The van der Waals surface area contributed by atoms with Gasteiger partial charge < -0.3 is 15.1 Å². The van der Waals surface area contributed by atoms with Crippen molar-refractivity contribution in [2.24, 2.45) is 0 Å². The summed E-state index contributed by atoms with van der Waals surface area (Å²) < 4.78 is 21.4. The third-order valence-corrected chi connectivity index (χ3v) is 0.111. The molecule has 0 unspecified atom stereocenters. The molecule has 0 aromatic rings. The van der Waals surface area contributed by atoms with E-state index in [1.165, 1.54) is 0 Å². The van der Waals surface area contributed by atoms with Crippen molar-refractivity contribution in [3.63, 3.8) is 0 Å². The van der Waals surface area contributed by atoms with Crippen molar-refractivity contribution in [2.75, 3.05) is 0 Å². The molecule has 0 aliphatic heterocycles. The van der Waals surface area contributed by atoms with E-state index in [0.717, 1.165) is 0 Å². The molecule has 0 bridgehead atoms. The summed E-state index contributed by atoms with van der Waals surface area (Å²) >= 11 is 0. The monoisotopic (exact) mass is 196 g/mol. The minimum atomic E-state index is -2.17. The van der Waals surface area contributed by atoms with E-state index in [1.807, 2.05) is 0 Å². The Morgan fingerprint density at radius 2 is 1.30 bits per heavy atom. The SMILES string of the molecule is O=BOB=O.OB(O)O.[Zn]. The van der Waals surface area contributed by atoms with Crippen LogP contribution in [0.4, 0.5) is 0 Å². The van der Waals surface area contributed by atoms with Gasteiger partial charge in [-0.05, 0) is 0 Å². The first kappa shape index (κ1) is 16.6. The van der Waals surface area contributed by atoms with Crippen LogP contribution in [0.3, 0.4) is 0 Å². The second-order valence-corrected chi connectivity index (χ2v) is 0.675. The van der Waals surface area contributed by atoms with Crippen LogP contribution in [0.15, 0.2) is 0 Å². The van der Waals surface area contributed by atoms with Gasteiger partial charge in [0, 0.05) is 19.5 Å². The molecule has 10 heavy (non-hydrogen) atoms. The maximum Gasteiger partial charge on any atom is 0.631 e. The molecular weight excluding hydrogens is 194 g/mol. The van der Waals surface area contributed by atoms with Gasteiger partial charge in [-0.2, -0.15) is 0 Å². The summed E-state index contributed by atoms with van der Waals surface area (Å²) in [5.41, 5.74) is 0. The van der Waals surface area contributed by atoms with Crippen molar-refractivity contribution in [2.45, 2.75) is 0 Å².